The van der Waals surface area contributed by atoms with Crippen LogP contribution in [-0.2, 0) is 19.1 Å². The summed E-state index contributed by atoms with van der Waals surface area (Å²) in [5.41, 5.74) is 0. The van der Waals surface area contributed by atoms with Gasteiger partial charge in [-0.3, -0.25) is 9.59 Å². The quantitative estimate of drug-likeness (QED) is 0.426. The highest BCUT2D eigenvalue weighted by atomic mass is 35.5. The van der Waals surface area contributed by atoms with Crippen LogP contribution in [0.1, 0.15) is 26.7 Å². The first kappa shape index (κ1) is 14.6. The summed E-state index contributed by atoms with van der Waals surface area (Å²) < 4.78 is 8.88. The SMILES string of the molecule is CCOC(=O)C(C[C@H]1CC1(Cl)Cl)C(=O)OCC. The van der Waals surface area contributed by atoms with Crippen LogP contribution in [0.15, 0.2) is 0 Å². The Morgan fingerprint density at radius 1 is 1.24 bits per heavy atom. The Morgan fingerprint density at radius 2 is 1.65 bits per heavy atom. The number of alkyl halides is 2. The molecular weight excluding hydrogens is 267 g/mol. The maximum atomic E-state index is 11.6. The molecule has 0 saturated heterocycles. The molecule has 0 N–H and O–H groups in total. The van der Waals surface area contributed by atoms with Crippen LogP contribution in [-0.4, -0.2) is 29.5 Å². The van der Waals surface area contributed by atoms with E-state index in [9.17, 15) is 9.59 Å². The number of hydrogen-bond donors (Lipinski definition) is 0. The first-order valence-electron chi connectivity index (χ1n) is 5.63. The van der Waals surface area contributed by atoms with Crippen molar-refractivity contribution in [3.05, 3.63) is 0 Å². The van der Waals surface area contributed by atoms with E-state index in [0.717, 1.165) is 0 Å². The van der Waals surface area contributed by atoms with Crippen molar-refractivity contribution in [2.75, 3.05) is 13.2 Å². The molecule has 0 aromatic carbocycles. The predicted octanol–water partition coefficient (Wildman–Crippen LogP) is 2.31. The van der Waals surface area contributed by atoms with Crippen molar-refractivity contribution >= 4 is 35.1 Å². The smallest absolute Gasteiger partial charge is 0.320 e. The molecule has 0 heterocycles. The fraction of sp³-hybridized carbons (Fsp3) is 0.818. The van der Waals surface area contributed by atoms with Crippen molar-refractivity contribution < 1.29 is 19.1 Å². The van der Waals surface area contributed by atoms with Gasteiger partial charge in [0.05, 0.1) is 13.2 Å². The minimum absolute atomic E-state index is 0.0513. The third-order valence-corrected chi connectivity index (χ3v) is 3.54. The van der Waals surface area contributed by atoms with Crippen molar-refractivity contribution in [3.8, 4) is 0 Å². The molecule has 0 aliphatic heterocycles. The summed E-state index contributed by atoms with van der Waals surface area (Å²) in [5, 5.41) is 0. The van der Waals surface area contributed by atoms with Crippen molar-refractivity contribution in [1.82, 2.24) is 0 Å². The number of halogens is 2. The van der Waals surface area contributed by atoms with Gasteiger partial charge in [-0.05, 0) is 32.6 Å². The second kappa shape index (κ2) is 5.91. The third-order valence-electron chi connectivity index (χ3n) is 2.62. The standard InChI is InChI=1S/C11H16Cl2O4/c1-3-16-9(14)8(10(15)17-4-2)5-7-6-11(7,12)13/h7-8H,3-6H2,1-2H3/t7-/m0/s1. The molecule has 0 unspecified atom stereocenters. The summed E-state index contributed by atoms with van der Waals surface area (Å²) in [6.45, 7) is 3.83. The third kappa shape index (κ3) is 4.03. The number of hydrogen-bond acceptors (Lipinski definition) is 4. The Labute approximate surface area is 111 Å². The zero-order chi connectivity index (χ0) is 13.1. The van der Waals surface area contributed by atoms with Gasteiger partial charge in [-0.25, -0.2) is 0 Å². The van der Waals surface area contributed by atoms with E-state index in [4.69, 9.17) is 32.7 Å². The van der Waals surface area contributed by atoms with Crippen LogP contribution in [0.4, 0.5) is 0 Å². The number of ether oxygens (including phenoxy) is 2. The molecule has 0 aromatic rings. The first-order chi connectivity index (χ1) is 7.92. The zero-order valence-corrected chi connectivity index (χ0v) is 11.4. The van der Waals surface area contributed by atoms with Crippen LogP contribution in [0.3, 0.4) is 0 Å². The van der Waals surface area contributed by atoms with Crippen molar-refractivity contribution in [2.24, 2.45) is 11.8 Å². The maximum absolute atomic E-state index is 11.6. The zero-order valence-electron chi connectivity index (χ0n) is 9.87. The highest BCUT2D eigenvalue weighted by Gasteiger charge is 2.54. The molecular formula is C11H16Cl2O4. The van der Waals surface area contributed by atoms with Crippen LogP contribution in [0.2, 0.25) is 0 Å². The minimum Gasteiger partial charge on any atom is -0.465 e. The van der Waals surface area contributed by atoms with Crippen LogP contribution >= 0.6 is 23.2 Å². The van der Waals surface area contributed by atoms with Crippen molar-refractivity contribution in [2.45, 2.75) is 31.0 Å². The van der Waals surface area contributed by atoms with Gasteiger partial charge < -0.3 is 9.47 Å². The van der Waals surface area contributed by atoms with Gasteiger partial charge in [-0.15, -0.1) is 23.2 Å². The molecule has 1 atom stereocenters. The van der Waals surface area contributed by atoms with Crippen LogP contribution in [0.5, 0.6) is 0 Å². The number of rotatable bonds is 6. The normalized spacial score (nSPS) is 21.1. The molecule has 1 saturated carbocycles. The Bertz CT molecular complexity index is 286. The molecule has 0 radical (unpaired) electrons. The summed E-state index contributed by atoms with van der Waals surface area (Å²) in [5.74, 6) is -2.10. The summed E-state index contributed by atoms with van der Waals surface area (Å²) in [7, 11) is 0. The van der Waals surface area contributed by atoms with Crippen molar-refractivity contribution in [3.63, 3.8) is 0 Å². The molecule has 17 heavy (non-hydrogen) atoms. The Kier molecular flexibility index (Phi) is 5.07. The fourth-order valence-corrected chi connectivity index (χ4v) is 2.13. The van der Waals surface area contributed by atoms with Gasteiger partial charge in [0.2, 0.25) is 0 Å². The van der Waals surface area contributed by atoms with E-state index in [1.165, 1.54) is 0 Å². The van der Waals surface area contributed by atoms with E-state index < -0.39 is 22.2 Å². The fourth-order valence-electron chi connectivity index (χ4n) is 1.58. The monoisotopic (exact) mass is 282 g/mol. The topological polar surface area (TPSA) is 52.6 Å². The molecule has 1 rings (SSSR count). The van der Waals surface area contributed by atoms with Gasteiger partial charge in [0.1, 0.15) is 4.33 Å². The van der Waals surface area contributed by atoms with E-state index in [1.54, 1.807) is 13.8 Å². The lowest BCUT2D eigenvalue weighted by Crippen LogP contribution is -2.29. The Morgan fingerprint density at radius 3 is 1.94 bits per heavy atom. The second-order valence-corrected chi connectivity index (χ2v) is 5.50. The van der Waals surface area contributed by atoms with Gasteiger partial charge in [0, 0.05) is 0 Å². The molecule has 4 nitrogen and oxygen atoms in total. The first-order valence-corrected chi connectivity index (χ1v) is 6.39. The van der Waals surface area contributed by atoms with Gasteiger partial charge in [0.15, 0.2) is 5.92 Å². The summed E-state index contributed by atoms with van der Waals surface area (Å²) in [4.78, 5) is 23.2. The second-order valence-electron chi connectivity index (χ2n) is 3.95. The molecule has 0 amide bonds. The molecule has 0 bridgehead atoms. The van der Waals surface area contributed by atoms with Gasteiger partial charge >= 0.3 is 11.9 Å². The van der Waals surface area contributed by atoms with E-state index in [-0.39, 0.29) is 25.6 Å². The lowest BCUT2D eigenvalue weighted by molar-refractivity contribution is -0.162. The van der Waals surface area contributed by atoms with Gasteiger partial charge in [-0.2, -0.15) is 0 Å². The largest absolute Gasteiger partial charge is 0.465 e. The van der Waals surface area contributed by atoms with Gasteiger partial charge in [0.25, 0.3) is 0 Å². The van der Waals surface area contributed by atoms with E-state index in [2.05, 4.69) is 0 Å². The summed E-state index contributed by atoms with van der Waals surface area (Å²) in [6.07, 6.45) is 0.871. The number of carbonyl (C=O) groups is 2. The highest BCUT2D eigenvalue weighted by Crippen LogP contribution is 2.56. The molecule has 6 heteroatoms. The van der Waals surface area contributed by atoms with E-state index >= 15 is 0 Å². The number of esters is 2. The van der Waals surface area contributed by atoms with Crippen LogP contribution < -0.4 is 0 Å². The van der Waals surface area contributed by atoms with Crippen LogP contribution in [0, 0.1) is 11.8 Å². The lowest BCUT2D eigenvalue weighted by atomic mass is 10.0. The van der Waals surface area contributed by atoms with E-state index in [0.29, 0.717) is 6.42 Å². The average Bonchev–Trinajstić information content (AvgIpc) is 2.83. The number of carbonyl (C=O) groups excluding carboxylic acids is 2. The Hall–Kier alpha value is -0.480. The van der Waals surface area contributed by atoms with E-state index in [1.807, 2.05) is 0 Å². The van der Waals surface area contributed by atoms with Gasteiger partial charge in [-0.1, -0.05) is 0 Å². The molecule has 0 spiro atoms. The minimum atomic E-state index is -0.917. The molecule has 0 aromatic heterocycles. The molecule has 1 fully saturated rings. The molecule has 1 aliphatic carbocycles. The van der Waals surface area contributed by atoms with Crippen LogP contribution in [0.25, 0.3) is 0 Å². The summed E-state index contributed by atoms with van der Waals surface area (Å²) >= 11 is 11.8. The molecule has 1 aliphatic rings. The van der Waals surface area contributed by atoms with Crippen molar-refractivity contribution in [1.29, 1.82) is 0 Å². The highest BCUT2D eigenvalue weighted by molar-refractivity contribution is 6.50. The lowest BCUT2D eigenvalue weighted by Gasteiger charge is -2.14. The predicted molar refractivity (Wildman–Crippen MR) is 63.9 cm³/mol. The summed E-state index contributed by atoms with van der Waals surface area (Å²) in [6, 6.07) is 0. The average molecular weight is 283 g/mol. The molecule has 98 valence electrons. The Balaban J connectivity index is 2.59. The maximum Gasteiger partial charge on any atom is 0.320 e.